The first-order valence-corrected chi connectivity index (χ1v) is 7.20. The van der Waals surface area contributed by atoms with Crippen LogP contribution in [0.3, 0.4) is 0 Å². The number of rotatable bonds is 3. The zero-order valence-corrected chi connectivity index (χ0v) is 13.4. The molecule has 136 valence electrons. The van der Waals surface area contributed by atoms with Crippen LogP contribution >= 0.6 is 0 Å². The van der Waals surface area contributed by atoms with E-state index in [1.165, 1.54) is 26.0 Å². The maximum absolute atomic E-state index is 15.8. The molecule has 0 heterocycles. The maximum atomic E-state index is 15.8. The van der Waals surface area contributed by atoms with Crippen LogP contribution < -0.4 is 11.5 Å². The minimum Gasteiger partial charge on any atom is -0.399 e. The summed E-state index contributed by atoms with van der Waals surface area (Å²) in [5.74, 6) is -5.71. The van der Waals surface area contributed by atoms with Crippen LogP contribution in [0.5, 0.6) is 0 Å². The molecule has 0 radical (unpaired) electrons. The third-order valence-electron chi connectivity index (χ3n) is 4.28. The standard InChI is InChI=1S/C17H16F6N2/c1-9-11(5-3-7-13(9)24)15(18,16(19,20)17(21,22)23)12-6-4-8-14(25)10(12)2/h3-8H,24-25H2,1-2H3. The lowest BCUT2D eigenvalue weighted by molar-refractivity contribution is -0.323. The minimum absolute atomic E-state index is 0.0981. The summed E-state index contributed by atoms with van der Waals surface area (Å²) in [7, 11) is 0. The number of anilines is 2. The molecule has 0 aliphatic rings. The van der Waals surface area contributed by atoms with Gasteiger partial charge in [0, 0.05) is 22.5 Å². The molecule has 25 heavy (non-hydrogen) atoms. The van der Waals surface area contributed by atoms with E-state index in [-0.39, 0.29) is 22.5 Å². The molecular weight excluding hydrogens is 346 g/mol. The molecule has 2 nitrogen and oxygen atoms in total. The van der Waals surface area contributed by atoms with Crippen LogP contribution in [0.4, 0.5) is 37.7 Å². The number of hydrogen-bond acceptors (Lipinski definition) is 2. The van der Waals surface area contributed by atoms with Gasteiger partial charge in [-0.1, -0.05) is 24.3 Å². The average molecular weight is 362 g/mol. The molecule has 0 saturated heterocycles. The summed E-state index contributed by atoms with van der Waals surface area (Å²) in [6.07, 6.45) is -6.13. The van der Waals surface area contributed by atoms with Gasteiger partial charge in [0.05, 0.1) is 0 Å². The molecule has 4 N–H and O–H groups in total. The number of nitrogens with two attached hydrogens (primary N) is 2. The second-order valence-corrected chi connectivity index (χ2v) is 5.77. The molecular formula is C17H16F6N2. The highest BCUT2D eigenvalue weighted by molar-refractivity contribution is 5.59. The molecule has 0 bridgehead atoms. The van der Waals surface area contributed by atoms with Crippen molar-refractivity contribution in [2.75, 3.05) is 11.5 Å². The fraction of sp³-hybridized carbons (Fsp3) is 0.294. The number of alkyl halides is 6. The fourth-order valence-electron chi connectivity index (χ4n) is 2.73. The molecule has 0 spiro atoms. The minimum atomic E-state index is -6.13. The predicted octanol–water partition coefficient (Wildman–Crippen LogP) is 4.88. The topological polar surface area (TPSA) is 52.0 Å². The van der Waals surface area contributed by atoms with Crippen molar-refractivity contribution in [1.29, 1.82) is 0 Å². The predicted molar refractivity (Wildman–Crippen MR) is 84.1 cm³/mol. The number of halogens is 6. The summed E-state index contributed by atoms with van der Waals surface area (Å²) in [5, 5.41) is 0. The Morgan fingerprint density at radius 1 is 0.680 bits per heavy atom. The maximum Gasteiger partial charge on any atom is 0.457 e. The van der Waals surface area contributed by atoms with E-state index in [0.29, 0.717) is 0 Å². The molecule has 0 unspecified atom stereocenters. The van der Waals surface area contributed by atoms with Crippen LogP contribution in [0.15, 0.2) is 36.4 Å². The smallest absolute Gasteiger partial charge is 0.399 e. The van der Waals surface area contributed by atoms with E-state index in [1.54, 1.807) is 0 Å². The van der Waals surface area contributed by atoms with Crippen molar-refractivity contribution in [1.82, 2.24) is 0 Å². The molecule has 0 aliphatic carbocycles. The molecule has 0 aliphatic heterocycles. The van der Waals surface area contributed by atoms with Gasteiger partial charge >= 0.3 is 12.1 Å². The van der Waals surface area contributed by atoms with Crippen molar-refractivity contribution in [3.63, 3.8) is 0 Å². The Hall–Kier alpha value is -2.38. The second kappa shape index (κ2) is 5.86. The molecule has 0 saturated carbocycles. The zero-order chi connectivity index (χ0) is 19.2. The Balaban J connectivity index is 2.96. The summed E-state index contributed by atoms with van der Waals surface area (Å²) in [6, 6.07) is 6.57. The molecule has 0 atom stereocenters. The van der Waals surface area contributed by atoms with Crippen LogP contribution in [0.2, 0.25) is 0 Å². The van der Waals surface area contributed by atoms with Crippen molar-refractivity contribution in [3.05, 3.63) is 58.7 Å². The molecule has 0 aromatic heterocycles. The Morgan fingerprint density at radius 2 is 1.04 bits per heavy atom. The Labute approximate surface area is 140 Å². The number of benzene rings is 2. The van der Waals surface area contributed by atoms with Gasteiger partial charge in [-0.15, -0.1) is 0 Å². The highest BCUT2D eigenvalue weighted by Gasteiger charge is 2.73. The third kappa shape index (κ3) is 2.69. The zero-order valence-electron chi connectivity index (χ0n) is 13.4. The van der Waals surface area contributed by atoms with E-state index in [1.807, 2.05) is 0 Å². The van der Waals surface area contributed by atoms with E-state index in [4.69, 9.17) is 11.5 Å². The summed E-state index contributed by atoms with van der Waals surface area (Å²) in [4.78, 5) is 0. The van der Waals surface area contributed by atoms with Gasteiger partial charge in [-0.05, 0) is 37.1 Å². The SMILES string of the molecule is Cc1c(N)cccc1C(F)(c1cccc(N)c1C)C(F)(F)C(F)(F)F. The monoisotopic (exact) mass is 362 g/mol. The van der Waals surface area contributed by atoms with E-state index in [9.17, 15) is 22.0 Å². The first-order chi connectivity index (χ1) is 11.4. The van der Waals surface area contributed by atoms with E-state index < -0.39 is 28.9 Å². The first-order valence-electron chi connectivity index (χ1n) is 7.20. The molecule has 2 aromatic rings. The number of nitrogen functional groups attached to an aromatic ring is 2. The fourth-order valence-corrected chi connectivity index (χ4v) is 2.73. The van der Waals surface area contributed by atoms with Gasteiger partial charge < -0.3 is 11.5 Å². The van der Waals surface area contributed by atoms with E-state index >= 15 is 4.39 Å². The second-order valence-electron chi connectivity index (χ2n) is 5.77. The van der Waals surface area contributed by atoms with Crippen LogP contribution in [-0.4, -0.2) is 12.1 Å². The van der Waals surface area contributed by atoms with Crippen molar-refractivity contribution in [3.8, 4) is 0 Å². The van der Waals surface area contributed by atoms with Gasteiger partial charge in [0.15, 0.2) is 0 Å². The van der Waals surface area contributed by atoms with E-state index in [0.717, 1.165) is 24.3 Å². The highest BCUT2D eigenvalue weighted by Crippen LogP contribution is 2.56. The van der Waals surface area contributed by atoms with E-state index in [2.05, 4.69) is 0 Å². The lowest BCUT2D eigenvalue weighted by Gasteiger charge is -2.37. The molecule has 0 amide bonds. The number of hydrogen-bond donors (Lipinski definition) is 2. The summed E-state index contributed by atoms with van der Waals surface area (Å²) >= 11 is 0. The normalized spacial score (nSPS) is 13.1. The lowest BCUT2D eigenvalue weighted by Crippen LogP contribution is -2.53. The van der Waals surface area contributed by atoms with Gasteiger partial charge in [-0.3, -0.25) is 0 Å². The molecule has 2 aromatic carbocycles. The van der Waals surface area contributed by atoms with Crippen LogP contribution in [-0.2, 0) is 5.67 Å². The molecule has 8 heteroatoms. The van der Waals surface area contributed by atoms with Crippen molar-refractivity contribution in [2.45, 2.75) is 31.6 Å². The summed E-state index contributed by atoms with van der Waals surface area (Å²) in [6.45, 7) is 2.38. The Bertz CT molecular complexity index is 747. The van der Waals surface area contributed by atoms with Gasteiger partial charge in [0.25, 0.3) is 0 Å². The van der Waals surface area contributed by atoms with Gasteiger partial charge in [-0.25, -0.2) is 4.39 Å². The molecule has 0 fully saturated rings. The largest absolute Gasteiger partial charge is 0.457 e. The van der Waals surface area contributed by atoms with Gasteiger partial charge in [0.1, 0.15) is 0 Å². The lowest BCUT2D eigenvalue weighted by atomic mass is 9.78. The average Bonchev–Trinajstić information content (AvgIpc) is 2.50. The quantitative estimate of drug-likeness (QED) is 0.604. The first kappa shape index (κ1) is 19.0. The van der Waals surface area contributed by atoms with Gasteiger partial charge in [-0.2, -0.15) is 22.0 Å². The van der Waals surface area contributed by atoms with Crippen LogP contribution in [0.1, 0.15) is 22.3 Å². The van der Waals surface area contributed by atoms with Crippen molar-refractivity contribution >= 4 is 11.4 Å². The Morgan fingerprint density at radius 3 is 1.36 bits per heavy atom. The van der Waals surface area contributed by atoms with Crippen molar-refractivity contribution in [2.24, 2.45) is 0 Å². The third-order valence-corrected chi connectivity index (χ3v) is 4.28. The highest BCUT2D eigenvalue weighted by atomic mass is 19.4. The summed E-state index contributed by atoms with van der Waals surface area (Å²) < 4.78 is 84.0. The molecule has 2 rings (SSSR count). The Kier molecular flexibility index (Phi) is 4.44. The van der Waals surface area contributed by atoms with Crippen LogP contribution in [0.25, 0.3) is 0 Å². The van der Waals surface area contributed by atoms with Gasteiger partial charge in [0.2, 0.25) is 5.67 Å². The van der Waals surface area contributed by atoms with Crippen molar-refractivity contribution < 1.29 is 26.3 Å². The van der Waals surface area contributed by atoms with Crippen LogP contribution in [0, 0.1) is 13.8 Å². The summed E-state index contributed by atoms with van der Waals surface area (Å²) in [5.41, 5.74) is 4.70.